The van der Waals surface area contributed by atoms with Gasteiger partial charge in [-0.25, -0.2) is 4.39 Å². The third-order valence-corrected chi connectivity index (χ3v) is 5.46. The Morgan fingerprint density at radius 1 is 1.11 bits per heavy atom. The molecule has 2 amide bonds. The smallest absolute Gasteiger partial charge is 0.256 e. The van der Waals surface area contributed by atoms with Crippen molar-refractivity contribution in [2.75, 3.05) is 38.0 Å². The van der Waals surface area contributed by atoms with Crippen LogP contribution in [-0.4, -0.2) is 54.3 Å². The lowest BCUT2D eigenvalue weighted by atomic mass is 10.1. The molecule has 1 fully saturated rings. The third kappa shape index (κ3) is 4.93. The van der Waals surface area contributed by atoms with Gasteiger partial charge in [-0.05, 0) is 42.8 Å². The van der Waals surface area contributed by atoms with E-state index < -0.39 is 5.82 Å². The molecule has 7 heteroatoms. The standard InChI is InChI=1S/C20H21BrFN3O2/c1-14-12-15(6-7-17(14)21)23-19(26)13-24-8-10-25(11-9-24)20(27)16-4-2-3-5-18(16)22/h2-7,12H,8-11,13H2,1H3,(H,23,26). The largest absolute Gasteiger partial charge is 0.336 e. The molecule has 0 radical (unpaired) electrons. The number of aryl methyl sites for hydroxylation is 1. The van der Waals surface area contributed by atoms with E-state index in [-0.39, 0.29) is 23.9 Å². The molecule has 0 bridgehead atoms. The number of piperazine rings is 1. The molecular weight excluding hydrogens is 413 g/mol. The number of halogens is 2. The molecule has 5 nitrogen and oxygen atoms in total. The van der Waals surface area contributed by atoms with E-state index in [2.05, 4.69) is 21.2 Å². The second-order valence-electron chi connectivity index (χ2n) is 6.56. The maximum absolute atomic E-state index is 13.8. The number of benzene rings is 2. The van der Waals surface area contributed by atoms with Crippen molar-refractivity contribution >= 4 is 33.4 Å². The van der Waals surface area contributed by atoms with Crippen LogP contribution in [0.4, 0.5) is 10.1 Å². The Morgan fingerprint density at radius 3 is 2.48 bits per heavy atom. The third-order valence-electron chi connectivity index (χ3n) is 4.57. The molecule has 1 aliphatic heterocycles. The van der Waals surface area contributed by atoms with Crippen LogP contribution in [0.3, 0.4) is 0 Å². The lowest BCUT2D eigenvalue weighted by molar-refractivity contribution is -0.117. The minimum atomic E-state index is -0.505. The van der Waals surface area contributed by atoms with Gasteiger partial charge in [0.15, 0.2) is 0 Å². The van der Waals surface area contributed by atoms with Crippen molar-refractivity contribution in [1.29, 1.82) is 0 Å². The summed E-state index contributed by atoms with van der Waals surface area (Å²) in [7, 11) is 0. The van der Waals surface area contributed by atoms with E-state index in [1.165, 1.54) is 12.1 Å². The number of carbonyl (C=O) groups is 2. The van der Waals surface area contributed by atoms with Crippen molar-refractivity contribution in [2.24, 2.45) is 0 Å². The van der Waals surface area contributed by atoms with Crippen molar-refractivity contribution in [3.8, 4) is 0 Å². The number of amides is 2. The Balaban J connectivity index is 1.50. The van der Waals surface area contributed by atoms with Crippen LogP contribution in [0.1, 0.15) is 15.9 Å². The van der Waals surface area contributed by atoms with Crippen molar-refractivity contribution in [1.82, 2.24) is 9.80 Å². The first-order valence-corrected chi connectivity index (χ1v) is 9.55. The van der Waals surface area contributed by atoms with Crippen LogP contribution >= 0.6 is 15.9 Å². The van der Waals surface area contributed by atoms with Crippen molar-refractivity contribution in [3.63, 3.8) is 0 Å². The monoisotopic (exact) mass is 433 g/mol. The second kappa shape index (κ2) is 8.63. The van der Waals surface area contributed by atoms with Gasteiger partial charge in [0.25, 0.3) is 5.91 Å². The van der Waals surface area contributed by atoms with E-state index in [1.807, 2.05) is 30.0 Å². The number of nitrogens with zero attached hydrogens (tertiary/aromatic N) is 2. The molecule has 1 saturated heterocycles. The highest BCUT2D eigenvalue weighted by molar-refractivity contribution is 9.10. The maximum atomic E-state index is 13.8. The molecule has 27 heavy (non-hydrogen) atoms. The Hall–Kier alpha value is -2.25. The molecule has 0 aromatic heterocycles. The molecule has 1 N–H and O–H groups in total. The zero-order chi connectivity index (χ0) is 19.4. The topological polar surface area (TPSA) is 52.7 Å². The first kappa shape index (κ1) is 19.5. The van der Waals surface area contributed by atoms with Crippen LogP contribution in [0.25, 0.3) is 0 Å². The second-order valence-corrected chi connectivity index (χ2v) is 7.41. The predicted molar refractivity (Wildman–Crippen MR) is 106 cm³/mol. The number of carbonyl (C=O) groups excluding carboxylic acids is 2. The van der Waals surface area contributed by atoms with Gasteiger partial charge in [0, 0.05) is 36.3 Å². The Morgan fingerprint density at radius 2 is 1.81 bits per heavy atom. The van der Waals surface area contributed by atoms with E-state index in [0.29, 0.717) is 26.2 Å². The highest BCUT2D eigenvalue weighted by Crippen LogP contribution is 2.20. The highest BCUT2D eigenvalue weighted by Gasteiger charge is 2.24. The molecule has 2 aromatic carbocycles. The molecule has 0 atom stereocenters. The van der Waals surface area contributed by atoms with Crippen molar-refractivity contribution in [3.05, 3.63) is 63.9 Å². The van der Waals surface area contributed by atoms with Gasteiger partial charge in [-0.1, -0.05) is 28.1 Å². The van der Waals surface area contributed by atoms with Crippen LogP contribution in [0.2, 0.25) is 0 Å². The summed E-state index contributed by atoms with van der Waals surface area (Å²) in [6.07, 6.45) is 0. The van der Waals surface area contributed by atoms with Gasteiger partial charge < -0.3 is 10.2 Å². The lowest BCUT2D eigenvalue weighted by Gasteiger charge is -2.34. The van der Waals surface area contributed by atoms with Gasteiger partial charge in [0.1, 0.15) is 5.82 Å². The van der Waals surface area contributed by atoms with E-state index >= 15 is 0 Å². The van der Waals surface area contributed by atoms with Crippen LogP contribution in [0.5, 0.6) is 0 Å². The van der Waals surface area contributed by atoms with Crippen LogP contribution in [0, 0.1) is 12.7 Å². The Labute approximate surface area is 166 Å². The normalized spacial score (nSPS) is 14.9. The molecule has 142 valence electrons. The molecule has 0 unspecified atom stereocenters. The van der Waals surface area contributed by atoms with Crippen molar-refractivity contribution in [2.45, 2.75) is 6.92 Å². The number of anilines is 1. The number of nitrogens with one attached hydrogen (secondary N) is 1. The summed E-state index contributed by atoms with van der Waals surface area (Å²) in [4.78, 5) is 28.3. The minimum absolute atomic E-state index is 0.0919. The van der Waals surface area contributed by atoms with Gasteiger partial charge in [-0.3, -0.25) is 14.5 Å². The summed E-state index contributed by atoms with van der Waals surface area (Å²) in [5, 5.41) is 2.89. The molecule has 0 aliphatic carbocycles. The highest BCUT2D eigenvalue weighted by atomic mass is 79.9. The molecule has 0 saturated carbocycles. The maximum Gasteiger partial charge on any atom is 0.256 e. The Bertz CT molecular complexity index is 851. The number of hydrogen-bond acceptors (Lipinski definition) is 3. The van der Waals surface area contributed by atoms with Gasteiger partial charge in [-0.2, -0.15) is 0 Å². The SMILES string of the molecule is Cc1cc(NC(=O)CN2CCN(C(=O)c3ccccc3F)CC2)ccc1Br. The quantitative estimate of drug-likeness (QED) is 0.804. The van der Waals surface area contributed by atoms with Gasteiger partial charge in [0.05, 0.1) is 12.1 Å². The van der Waals surface area contributed by atoms with E-state index in [4.69, 9.17) is 0 Å². The van der Waals surface area contributed by atoms with Crippen LogP contribution < -0.4 is 5.32 Å². The van der Waals surface area contributed by atoms with E-state index in [1.54, 1.807) is 17.0 Å². The predicted octanol–water partition coefficient (Wildman–Crippen LogP) is 3.29. The fourth-order valence-electron chi connectivity index (χ4n) is 3.04. The van der Waals surface area contributed by atoms with Crippen LogP contribution in [-0.2, 0) is 4.79 Å². The summed E-state index contributed by atoms with van der Waals surface area (Å²) < 4.78 is 14.8. The lowest BCUT2D eigenvalue weighted by Crippen LogP contribution is -2.50. The van der Waals surface area contributed by atoms with E-state index in [9.17, 15) is 14.0 Å². The zero-order valence-electron chi connectivity index (χ0n) is 15.0. The molecule has 3 rings (SSSR count). The van der Waals surface area contributed by atoms with Gasteiger partial charge in [-0.15, -0.1) is 0 Å². The fraction of sp³-hybridized carbons (Fsp3) is 0.300. The fourth-order valence-corrected chi connectivity index (χ4v) is 3.29. The average Bonchev–Trinajstić information content (AvgIpc) is 2.65. The molecule has 1 heterocycles. The van der Waals surface area contributed by atoms with Crippen LogP contribution in [0.15, 0.2) is 46.9 Å². The zero-order valence-corrected chi connectivity index (χ0v) is 16.6. The first-order chi connectivity index (χ1) is 12.9. The summed E-state index contributed by atoms with van der Waals surface area (Å²) in [6, 6.07) is 11.7. The molecular formula is C20H21BrFN3O2. The number of rotatable bonds is 4. The molecule has 2 aromatic rings. The average molecular weight is 434 g/mol. The summed E-state index contributed by atoms with van der Waals surface area (Å²) in [5.41, 5.74) is 1.90. The summed E-state index contributed by atoms with van der Waals surface area (Å²) >= 11 is 3.44. The van der Waals surface area contributed by atoms with E-state index in [0.717, 1.165) is 15.7 Å². The van der Waals surface area contributed by atoms with Crippen molar-refractivity contribution < 1.29 is 14.0 Å². The number of hydrogen-bond donors (Lipinski definition) is 1. The Kier molecular flexibility index (Phi) is 6.23. The molecule has 1 aliphatic rings. The molecule has 0 spiro atoms. The van der Waals surface area contributed by atoms with Gasteiger partial charge in [0.2, 0.25) is 5.91 Å². The summed E-state index contributed by atoms with van der Waals surface area (Å²) in [6.45, 7) is 4.32. The minimum Gasteiger partial charge on any atom is -0.336 e. The summed E-state index contributed by atoms with van der Waals surface area (Å²) in [5.74, 6) is -0.901. The van der Waals surface area contributed by atoms with Gasteiger partial charge >= 0.3 is 0 Å². The first-order valence-electron chi connectivity index (χ1n) is 8.76.